The lowest BCUT2D eigenvalue weighted by Gasteiger charge is -2.29. The Bertz CT molecular complexity index is 105. The predicted molar refractivity (Wildman–Crippen MR) is 34.1 cm³/mol. The van der Waals surface area contributed by atoms with E-state index in [1.54, 1.807) is 4.90 Å². The first-order valence-electron chi connectivity index (χ1n) is 3.19. The van der Waals surface area contributed by atoms with E-state index in [4.69, 9.17) is 0 Å². The minimum Gasteiger partial charge on any atom is -0.340 e. The molecule has 1 unspecified atom stereocenters. The van der Waals surface area contributed by atoms with Crippen LogP contribution in [0.15, 0.2) is 0 Å². The summed E-state index contributed by atoms with van der Waals surface area (Å²) in [4.78, 5) is 12.0. The van der Waals surface area contributed by atoms with Crippen LogP contribution in [0.3, 0.4) is 0 Å². The summed E-state index contributed by atoms with van der Waals surface area (Å²) in [6.07, 6.45) is 0.902. The van der Waals surface area contributed by atoms with Crippen molar-refractivity contribution in [1.82, 2.24) is 10.2 Å². The minimum absolute atomic E-state index is 0.316. The van der Waals surface area contributed by atoms with Crippen molar-refractivity contribution in [3.8, 4) is 0 Å². The third-order valence-corrected chi connectivity index (χ3v) is 1.61. The van der Waals surface area contributed by atoms with Gasteiger partial charge in [0, 0.05) is 25.7 Å². The Balaban J connectivity index is 2.38. The number of carbonyl (C=O) groups excluding carboxylic acids is 1. The lowest BCUT2D eigenvalue weighted by atomic mass is 10.2. The molecule has 3 nitrogen and oxygen atoms in total. The van der Waals surface area contributed by atoms with Crippen molar-refractivity contribution in [2.45, 2.75) is 13.0 Å². The summed E-state index contributed by atoms with van der Waals surface area (Å²) in [7, 11) is 0. The Morgan fingerprint density at radius 1 is 1.78 bits per heavy atom. The average Bonchev–Trinajstić information content (AvgIpc) is 1.89. The second kappa shape index (κ2) is 2.82. The Kier molecular flexibility index (Phi) is 2.05. The van der Waals surface area contributed by atoms with E-state index < -0.39 is 0 Å². The number of nitrogens with zero attached hydrogens (tertiary/aromatic N) is 2. The van der Waals surface area contributed by atoms with E-state index in [0.717, 1.165) is 26.0 Å². The third-order valence-electron chi connectivity index (χ3n) is 1.61. The molecule has 1 aliphatic heterocycles. The third kappa shape index (κ3) is 1.42. The van der Waals surface area contributed by atoms with Gasteiger partial charge in [-0.2, -0.15) is 0 Å². The summed E-state index contributed by atoms with van der Waals surface area (Å²) in [6, 6.07) is 0.316. The average molecular weight is 127 g/mol. The number of rotatable bonds is 1. The van der Waals surface area contributed by atoms with E-state index >= 15 is 0 Å². The molecule has 0 spiro atoms. The second-order valence-corrected chi connectivity index (χ2v) is 2.32. The van der Waals surface area contributed by atoms with Gasteiger partial charge in [-0.1, -0.05) is 0 Å². The van der Waals surface area contributed by atoms with Gasteiger partial charge in [-0.25, -0.2) is 5.32 Å². The molecule has 9 heavy (non-hydrogen) atoms. The lowest BCUT2D eigenvalue weighted by Crippen LogP contribution is -2.45. The zero-order valence-corrected chi connectivity index (χ0v) is 5.58. The molecular formula is C6H11N2O. The van der Waals surface area contributed by atoms with Crippen LogP contribution in [0.2, 0.25) is 0 Å². The summed E-state index contributed by atoms with van der Waals surface area (Å²) < 4.78 is 0. The molecule has 0 aromatic heterocycles. The van der Waals surface area contributed by atoms with Crippen molar-refractivity contribution < 1.29 is 4.79 Å². The Morgan fingerprint density at radius 2 is 2.56 bits per heavy atom. The van der Waals surface area contributed by atoms with Gasteiger partial charge < -0.3 is 4.90 Å². The molecule has 0 aliphatic carbocycles. The van der Waals surface area contributed by atoms with E-state index in [0.29, 0.717) is 6.04 Å². The van der Waals surface area contributed by atoms with Gasteiger partial charge in [-0.3, -0.25) is 4.79 Å². The maximum Gasteiger partial charge on any atom is 0.210 e. The highest BCUT2D eigenvalue weighted by molar-refractivity contribution is 5.47. The molecule has 1 amide bonds. The van der Waals surface area contributed by atoms with Gasteiger partial charge in [0.2, 0.25) is 6.41 Å². The number of hydrogen-bond donors (Lipinski definition) is 0. The predicted octanol–water partition coefficient (Wildman–Crippen LogP) is -0.549. The van der Waals surface area contributed by atoms with E-state index in [1.807, 2.05) is 6.92 Å². The van der Waals surface area contributed by atoms with Crippen LogP contribution in [0.25, 0.3) is 0 Å². The highest BCUT2D eigenvalue weighted by atomic mass is 16.1. The Hall–Kier alpha value is -0.570. The number of carbonyl (C=O) groups is 1. The van der Waals surface area contributed by atoms with Crippen LogP contribution in [0.5, 0.6) is 0 Å². The first kappa shape index (κ1) is 6.55. The molecule has 1 saturated heterocycles. The molecule has 1 rings (SSSR count). The van der Waals surface area contributed by atoms with Crippen molar-refractivity contribution in [2.24, 2.45) is 0 Å². The summed E-state index contributed by atoms with van der Waals surface area (Å²) >= 11 is 0. The highest BCUT2D eigenvalue weighted by Gasteiger charge is 2.15. The largest absolute Gasteiger partial charge is 0.340 e. The van der Waals surface area contributed by atoms with E-state index in [1.165, 1.54) is 0 Å². The van der Waals surface area contributed by atoms with Crippen LogP contribution in [-0.4, -0.2) is 37.0 Å². The zero-order valence-electron chi connectivity index (χ0n) is 5.58. The van der Waals surface area contributed by atoms with Crippen LogP contribution in [0, 0.1) is 0 Å². The molecular weight excluding hydrogens is 116 g/mol. The Labute approximate surface area is 55.0 Å². The quantitative estimate of drug-likeness (QED) is 0.435. The second-order valence-electron chi connectivity index (χ2n) is 2.32. The number of piperazine rings is 1. The first-order valence-corrected chi connectivity index (χ1v) is 3.19. The van der Waals surface area contributed by atoms with Gasteiger partial charge in [0.1, 0.15) is 0 Å². The molecule has 51 valence electrons. The highest BCUT2D eigenvalue weighted by Crippen LogP contribution is 1.98. The molecule has 0 aromatic carbocycles. The molecule has 0 bridgehead atoms. The zero-order chi connectivity index (χ0) is 6.69. The van der Waals surface area contributed by atoms with E-state index in [9.17, 15) is 4.79 Å². The van der Waals surface area contributed by atoms with Crippen LogP contribution in [0.4, 0.5) is 0 Å². The lowest BCUT2D eigenvalue weighted by molar-refractivity contribution is -0.120. The van der Waals surface area contributed by atoms with Gasteiger partial charge in [-0.15, -0.1) is 0 Å². The van der Waals surface area contributed by atoms with Crippen LogP contribution >= 0.6 is 0 Å². The van der Waals surface area contributed by atoms with Crippen LogP contribution < -0.4 is 5.32 Å². The number of hydrogen-bond acceptors (Lipinski definition) is 1. The maximum absolute atomic E-state index is 10.3. The molecule has 1 fully saturated rings. The van der Waals surface area contributed by atoms with Crippen LogP contribution in [-0.2, 0) is 4.79 Å². The van der Waals surface area contributed by atoms with Crippen molar-refractivity contribution in [3.05, 3.63) is 0 Å². The molecule has 0 saturated carbocycles. The van der Waals surface area contributed by atoms with Crippen LogP contribution in [0.1, 0.15) is 6.92 Å². The van der Waals surface area contributed by atoms with Crippen molar-refractivity contribution in [2.75, 3.05) is 19.6 Å². The normalized spacial score (nSPS) is 28.1. The van der Waals surface area contributed by atoms with Crippen molar-refractivity contribution in [1.29, 1.82) is 0 Å². The summed E-state index contributed by atoms with van der Waals surface area (Å²) in [5.74, 6) is 0. The molecule has 3 heteroatoms. The van der Waals surface area contributed by atoms with Gasteiger partial charge in [0.05, 0.1) is 0 Å². The molecule has 1 aliphatic rings. The standard InChI is InChI=1S/C6H11N2O/c1-6-4-7-2-3-8(6)5-9/h5-6H,2-4H2,1H3. The van der Waals surface area contributed by atoms with E-state index in [2.05, 4.69) is 5.32 Å². The topological polar surface area (TPSA) is 34.4 Å². The molecule has 0 N–H and O–H groups in total. The van der Waals surface area contributed by atoms with Gasteiger partial charge in [-0.05, 0) is 6.92 Å². The number of amides is 1. The molecule has 0 aromatic rings. The fraction of sp³-hybridized carbons (Fsp3) is 0.833. The van der Waals surface area contributed by atoms with Gasteiger partial charge >= 0.3 is 0 Å². The van der Waals surface area contributed by atoms with Gasteiger partial charge in [0.25, 0.3) is 0 Å². The molecule has 1 radical (unpaired) electrons. The van der Waals surface area contributed by atoms with Gasteiger partial charge in [0.15, 0.2) is 0 Å². The first-order chi connectivity index (χ1) is 4.34. The maximum atomic E-state index is 10.3. The minimum atomic E-state index is 0.316. The molecule has 1 atom stereocenters. The van der Waals surface area contributed by atoms with Crippen molar-refractivity contribution in [3.63, 3.8) is 0 Å². The van der Waals surface area contributed by atoms with E-state index in [-0.39, 0.29) is 0 Å². The summed E-state index contributed by atoms with van der Waals surface area (Å²) in [6.45, 7) is 4.42. The fourth-order valence-electron chi connectivity index (χ4n) is 0.946. The SMILES string of the molecule is CC1C[N]CCN1C=O. The monoisotopic (exact) mass is 127 g/mol. The fourth-order valence-corrected chi connectivity index (χ4v) is 0.946. The summed E-state index contributed by atoms with van der Waals surface area (Å²) in [5.41, 5.74) is 0. The smallest absolute Gasteiger partial charge is 0.210 e. The summed E-state index contributed by atoms with van der Waals surface area (Å²) in [5, 5.41) is 4.16. The van der Waals surface area contributed by atoms with Crippen molar-refractivity contribution >= 4 is 6.41 Å². The molecule has 1 heterocycles. The Morgan fingerprint density at radius 3 is 3.00 bits per heavy atom.